The van der Waals surface area contributed by atoms with Crippen molar-refractivity contribution in [1.82, 2.24) is 19.8 Å². The topological polar surface area (TPSA) is 62.2 Å². The number of halogens is 1. The van der Waals surface area contributed by atoms with Crippen molar-refractivity contribution in [1.29, 1.82) is 0 Å². The molecule has 3 aromatic carbocycles. The SMILES string of the molecule is O=C(CCN1C(=S)N[C@H](c2ccccn2)[C@@H]1c1cccn1-c1ccccc1F)Nc1cccc2ccccc12. The van der Waals surface area contributed by atoms with Crippen LogP contribution in [0, 0.1) is 5.82 Å². The number of pyridine rings is 1. The molecular weight excluding hydrogens is 509 g/mol. The Bertz CT molecular complexity index is 1650. The van der Waals surface area contributed by atoms with Crippen LogP contribution in [0.3, 0.4) is 0 Å². The van der Waals surface area contributed by atoms with E-state index in [0.29, 0.717) is 17.3 Å². The number of carbonyl (C=O) groups is 1. The molecule has 2 aromatic heterocycles. The van der Waals surface area contributed by atoms with Crippen molar-refractivity contribution in [2.45, 2.75) is 18.5 Å². The number of hydrogen-bond acceptors (Lipinski definition) is 3. The number of nitrogens with zero attached hydrogens (tertiary/aromatic N) is 3. The van der Waals surface area contributed by atoms with Gasteiger partial charge in [-0.05, 0) is 60.1 Å². The van der Waals surface area contributed by atoms with E-state index in [1.807, 2.05) is 94.5 Å². The summed E-state index contributed by atoms with van der Waals surface area (Å²) in [6.07, 6.45) is 3.81. The van der Waals surface area contributed by atoms with Crippen molar-refractivity contribution in [2.75, 3.05) is 11.9 Å². The van der Waals surface area contributed by atoms with Crippen LogP contribution in [0.5, 0.6) is 0 Å². The molecule has 1 aliphatic rings. The maximum Gasteiger partial charge on any atom is 0.226 e. The van der Waals surface area contributed by atoms with Crippen molar-refractivity contribution < 1.29 is 9.18 Å². The van der Waals surface area contributed by atoms with Crippen LogP contribution in [-0.4, -0.2) is 32.0 Å². The molecule has 0 spiro atoms. The first kappa shape index (κ1) is 24.8. The van der Waals surface area contributed by atoms with Gasteiger partial charge in [-0.15, -0.1) is 0 Å². The van der Waals surface area contributed by atoms with Crippen LogP contribution in [0.15, 0.2) is 109 Å². The molecule has 0 bridgehead atoms. The van der Waals surface area contributed by atoms with Crippen LogP contribution < -0.4 is 10.6 Å². The molecule has 8 heteroatoms. The Kier molecular flexibility index (Phi) is 6.77. The summed E-state index contributed by atoms with van der Waals surface area (Å²) in [5.74, 6) is -0.433. The number of nitrogens with one attached hydrogen (secondary N) is 2. The van der Waals surface area contributed by atoms with Gasteiger partial charge in [-0.2, -0.15) is 0 Å². The van der Waals surface area contributed by atoms with Crippen molar-refractivity contribution in [3.8, 4) is 5.69 Å². The van der Waals surface area contributed by atoms with Gasteiger partial charge in [0, 0.05) is 42.1 Å². The Morgan fingerprint density at radius 1 is 0.949 bits per heavy atom. The fourth-order valence-corrected chi connectivity index (χ4v) is 5.57. The van der Waals surface area contributed by atoms with E-state index in [-0.39, 0.29) is 30.2 Å². The lowest BCUT2D eigenvalue weighted by atomic mass is 10.0. The molecule has 1 amide bonds. The smallest absolute Gasteiger partial charge is 0.226 e. The zero-order valence-corrected chi connectivity index (χ0v) is 21.8. The summed E-state index contributed by atoms with van der Waals surface area (Å²) in [4.78, 5) is 19.7. The van der Waals surface area contributed by atoms with Crippen LogP contribution in [0.2, 0.25) is 0 Å². The summed E-state index contributed by atoms with van der Waals surface area (Å²) in [5.41, 5.74) is 2.88. The average molecular weight is 536 g/mol. The average Bonchev–Trinajstić information content (AvgIpc) is 3.57. The summed E-state index contributed by atoms with van der Waals surface area (Å²) >= 11 is 5.77. The number of para-hydroxylation sites is 1. The van der Waals surface area contributed by atoms with Crippen LogP contribution in [0.25, 0.3) is 16.5 Å². The third kappa shape index (κ3) is 4.86. The van der Waals surface area contributed by atoms with Gasteiger partial charge in [0.1, 0.15) is 5.82 Å². The molecule has 1 saturated heterocycles. The zero-order chi connectivity index (χ0) is 26.8. The van der Waals surface area contributed by atoms with E-state index >= 15 is 0 Å². The predicted octanol–water partition coefficient (Wildman–Crippen LogP) is 6.17. The molecule has 0 saturated carbocycles. The van der Waals surface area contributed by atoms with Gasteiger partial charge >= 0.3 is 0 Å². The van der Waals surface area contributed by atoms with E-state index in [1.165, 1.54) is 6.07 Å². The molecule has 2 atom stereocenters. The van der Waals surface area contributed by atoms with Crippen LogP contribution >= 0.6 is 12.2 Å². The van der Waals surface area contributed by atoms with E-state index in [0.717, 1.165) is 27.8 Å². The van der Waals surface area contributed by atoms with Gasteiger partial charge in [0.2, 0.25) is 5.91 Å². The highest BCUT2D eigenvalue weighted by Crippen LogP contribution is 2.39. The minimum atomic E-state index is -0.320. The van der Waals surface area contributed by atoms with Gasteiger partial charge < -0.3 is 20.1 Å². The first-order valence-corrected chi connectivity index (χ1v) is 13.2. The Labute approximate surface area is 231 Å². The standard InChI is InChI=1S/C31H26FN5OS/c32-23-12-3-4-15-26(23)36-19-8-16-27(36)30-29(25-13-5-6-18-33-25)35-31(39)37(30)20-17-28(38)34-24-14-7-10-21-9-1-2-11-22(21)24/h1-16,18-19,29-30H,17,20H2,(H,34,38)(H,35,39)/t29-,30+/m1/s1. The van der Waals surface area contributed by atoms with E-state index < -0.39 is 0 Å². The fraction of sp³-hybridized carbons (Fsp3) is 0.129. The number of thiocarbonyl (C=S) groups is 1. The molecule has 3 heterocycles. The maximum atomic E-state index is 14.8. The van der Waals surface area contributed by atoms with Gasteiger partial charge in [-0.1, -0.05) is 54.6 Å². The third-order valence-corrected chi connectivity index (χ3v) is 7.39. The molecular formula is C31H26FN5OS. The summed E-state index contributed by atoms with van der Waals surface area (Å²) in [6, 6.07) is 29.5. The number of rotatable bonds is 7. The third-order valence-electron chi connectivity index (χ3n) is 7.04. The Hall–Kier alpha value is -4.56. The van der Waals surface area contributed by atoms with E-state index in [4.69, 9.17) is 12.2 Å². The normalized spacial score (nSPS) is 16.8. The molecule has 194 valence electrons. The van der Waals surface area contributed by atoms with Crippen LogP contribution in [0.4, 0.5) is 10.1 Å². The number of anilines is 1. The van der Waals surface area contributed by atoms with Gasteiger partial charge in [0.05, 0.1) is 23.5 Å². The Balaban J connectivity index is 1.30. The lowest BCUT2D eigenvalue weighted by molar-refractivity contribution is -0.116. The predicted molar refractivity (Wildman–Crippen MR) is 155 cm³/mol. The van der Waals surface area contributed by atoms with Crippen LogP contribution in [0.1, 0.15) is 29.9 Å². The lowest BCUT2D eigenvalue weighted by Gasteiger charge is -2.29. The first-order valence-electron chi connectivity index (χ1n) is 12.8. The summed E-state index contributed by atoms with van der Waals surface area (Å²) in [7, 11) is 0. The highest BCUT2D eigenvalue weighted by atomic mass is 32.1. The summed E-state index contributed by atoms with van der Waals surface area (Å²) < 4.78 is 16.7. The number of benzene rings is 3. The molecule has 0 radical (unpaired) electrons. The second-order valence-corrected chi connectivity index (χ2v) is 9.79. The summed E-state index contributed by atoms with van der Waals surface area (Å²) in [6.45, 7) is 0.374. The molecule has 0 aliphatic carbocycles. The monoisotopic (exact) mass is 535 g/mol. The minimum absolute atomic E-state index is 0.112. The number of fused-ring (bicyclic) bond motifs is 1. The zero-order valence-electron chi connectivity index (χ0n) is 21.0. The quantitative estimate of drug-likeness (QED) is 0.244. The number of hydrogen-bond donors (Lipinski definition) is 2. The number of amides is 1. The molecule has 2 N–H and O–H groups in total. The largest absolute Gasteiger partial charge is 0.352 e. The Morgan fingerprint density at radius 2 is 1.74 bits per heavy atom. The van der Waals surface area contributed by atoms with E-state index in [1.54, 1.807) is 18.3 Å². The van der Waals surface area contributed by atoms with E-state index in [2.05, 4.69) is 15.6 Å². The molecule has 1 fully saturated rings. The van der Waals surface area contributed by atoms with Crippen molar-refractivity contribution in [3.63, 3.8) is 0 Å². The highest BCUT2D eigenvalue weighted by molar-refractivity contribution is 7.80. The maximum absolute atomic E-state index is 14.8. The van der Waals surface area contributed by atoms with Gasteiger partial charge in [-0.3, -0.25) is 9.78 Å². The Morgan fingerprint density at radius 3 is 2.59 bits per heavy atom. The minimum Gasteiger partial charge on any atom is -0.352 e. The van der Waals surface area contributed by atoms with E-state index in [9.17, 15) is 9.18 Å². The molecule has 1 aliphatic heterocycles. The molecule has 39 heavy (non-hydrogen) atoms. The number of aromatic nitrogens is 2. The number of carbonyl (C=O) groups excluding carboxylic acids is 1. The second kappa shape index (κ2) is 10.7. The highest BCUT2D eigenvalue weighted by Gasteiger charge is 2.41. The molecule has 6 rings (SSSR count). The van der Waals surface area contributed by atoms with Gasteiger partial charge in [0.25, 0.3) is 0 Å². The molecule has 5 aromatic rings. The second-order valence-electron chi connectivity index (χ2n) is 9.40. The van der Waals surface area contributed by atoms with Crippen LogP contribution in [-0.2, 0) is 4.79 Å². The van der Waals surface area contributed by atoms with Crippen molar-refractivity contribution in [2.24, 2.45) is 0 Å². The first-order chi connectivity index (χ1) is 19.1. The van der Waals surface area contributed by atoms with Crippen molar-refractivity contribution >= 4 is 39.7 Å². The fourth-order valence-electron chi connectivity index (χ4n) is 5.24. The lowest BCUT2D eigenvalue weighted by Crippen LogP contribution is -2.33. The van der Waals surface area contributed by atoms with Gasteiger partial charge in [-0.25, -0.2) is 4.39 Å². The molecule has 0 unspecified atom stereocenters. The summed E-state index contributed by atoms with van der Waals surface area (Å²) in [5, 5.41) is 9.04. The van der Waals surface area contributed by atoms with Crippen molar-refractivity contribution in [3.05, 3.63) is 127 Å². The molecule has 6 nitrogen and oxygen atoms in total. The van der Waals surface area contributed by atoms with Gasteiger partial charge in [0.15, 0.2) is 5.11 Å².